The molecule has 0 spiro atoms. The Hall–Kier alpha value is -2.42. The van der Waals surface area contributed by atoms with Crippen LogP contribution in [0.15, 0.2) is 42.5 Å². The fraction of sp³-hybridized carbons (Fsp3) is 0.278. The third-order valence-electron chi connectivity index (χ3n) is 4.60. The molecule has 1 aliphatic heterocycles. The number of aromatic nitrogens is 2. The van der Waals surface area contributed by atoms with Crippen molar-refractivity contribution in [1.82, 2.24) is 24.5 Å². The maximum atomic E-state index is 13.9. The predicted molar refractivity (Wildman–Crippen MR) is 97.7 cm³/mol. The number of nitrogens with zero attached hydrogens (tertiary/aromatic N) is 3. The lowest BCUT2D eigenvalue weighted by Crippen LogP contribution is -2.43. The zero-order valence-electron chi connectivity index (χ0n) is 14.1. The van der Waals surface area contributed by atoms with E-state index in [4.69, 9.17) is 0 Å². The first-order valence-corrected chi connectivity index (χ1v) is 9.06. The average Bonchev–Trinajstić information content (AvgIpc) is 3.30. The molecule has 0 saturated carbocycles. The molecule has 1 aromatic heterocycles. The SMILES string of the molecule is CN(Cc1ccc2nsnc2c1)C(=O)C1CC(c2ccccc2F)NN1. The van der Waals surface area contributed by atoms with E-state index in [0.29, 0.717) is 18.5 Å². The Morgan fingerprint density at radius 2 is 2.04 bits per heavy atom. The maximum Gasteiger partial charge on any atom is 0.241 e. The molecule has 1 fully saturated rings. The summed E-state index contributed by atoms with van der Waals surface area (Å²) >= 11 is 1.18. The van der Waals surface area contributed by atoms with E-state index in [1.165, 1.54) is 17.8 Å². The summed E-state index contributed by atoms with van der Waals surface area (Å²) in [5, 5.41) is 0. The quantitative estimate of drug-likeness (QED) is 0.737. The molecule has 26 heavy (non-hydrogen) atoms. The molecule has 1 saturated heterocycles. The molecule has 0 aliphatic carbocycles. The minimum absolute atomic E-state index is 0.0344. The van der Waals surface area contributed by atoms with Crippen molar-refractivity contribution in [2.75, 3.05) is 7.05 Å². The topological polar surface area (TPSA) is 70.2 Å². The Morgan fingerprint density at radius 1 is 1.23 bits per heavy atom. The number of likely N-dealkylation sites (N-methyl/N-ethyl adjacent to an activating group) is 1. The number of hydrogen-bond donors (Lipinski definition) is 2. The highest BCUT2D eigenvalue weighted by atomic mass is 32.1. The van der Waals surface area contributed by atoms with Crippen LogP contribution in [0.2, 0.25) is 0 Å². The van der Waals surface area contributed by atoms with Crippen molar-refractivity contribution in [1.29, 1.82) is 0 Å². The van der Waals surface area contributed by atoms with E-state index in [9.17, 15) is 9.18 Å². The van der Waals surface area contributed by atoms with Gasteiger partial charge in [0, 0.05) is 19.2 Å². The van der Waals surface area contributed by atoms with Crippen LogP contribution >= 0.6 is 11.7 Å². The van der Waals surface area contributed by atoms with Gasteiger partial charge >= 0.3 is 0 Å². The van der Waals surface area contributed by atoms with Gasteiger partial charge in [-0.25, -0.2) is 15.2 Å². The lowest BCUT2D eigenvalue weighted by atomic mass is 10.0. The molecular formula is C18H18FN5OS. The summed E-state index contributed by atoms with van der Waals surface area (Å²) < 4.78 is 22.4. The molecule has 2 aromatic carbocycles. The second kappa shape index (κ2) is 7.06. The summed E-state index contributed by atoms with van der Waals surface area (Å²) in [6, 6.07) is 11.8. The third-order valence-corrected chi connectivity index (χ3v) is 5.15. The number of nitrogens with one attached hydrogen (secondary N) is 2. The molecule has 0 bridgehead atoms. The highest BCUT2D eigenvalue weighted by Crippen LogP contribution is 2.25. The largest absolute Gasteiger partial charge is 0.340 e. The average molecular weight is 371 g/mol. The highest BCUT2D eigenvalue weighted by molar-refractivity contribution is 7.00. The lowest BCUT2D eigenvalue weighted by molar-refractivity contribution is -0.132. The van der Waals surface area contributed by atoms with Gasteiger partial charge in [-0.15, -0.1) is 0 Å². The fourth-order valence-electron chi connectivity index (χ4n) is 3.22. The summed E-state index contributed by atoms with van der Waals surface area (Å²) in [6.45, 7) is 0.481. The summed E-state index contributed by atoms with van der Waals surface area (Å²) in [4.78, 5) is 14.4. The van der Waals surface area contributed by atoms with Crippen molar-refractivity contribution in [3.8, 4) is 0 Å². The number of carbonyl (C=O) groups excluding carboxylic acids is 1. The molecule has 2 N–H and O–H groups in total. The minimum Gasteiger partial charge on any atom is -0.340 e. The standard InChI is InChI=1S/C18H18FN5OS/c1-24(10-11-6-7-14-16(8-11)23-26-22-14)18(25)17-9-15(20-21-17)12-4-2-3-5-13(12)19/h2-8,15,17,20-21H,9-10H2,1H3. The van der Waals surface area contributed by atoms with Gasteiger partial charge < -0.3 is 4.90 Å². The van der Waals surface area contributed by atoms with Gasteiger partial charge in [0.05, 0.1) is 17.8 Å². The van der Waals surface area contributed by atoms with Crippen molar-refractivity contribution in [2.24, 2.45) is 0 Å². The van der Waals surface area contributed by atoms with Gasteiger partial charge in [-0.3, -0.25) is 4.79 Å². The number of fused-ring (bicyclic) bond motifs is 1. The molecule has 1 amide bonds. The fourth-order valence-corrected chi connectivity index (χ4v) is 3.74. The Bertz CT molecular complexity index is 946. The van der Waals surface area contributed by atoms with Crippen LogP contribution < -0.4 is 10.9 Å². The van der Waals surface area contributed by atoms with E-state index >= 15 is 0 Å². The van der Waals surface area contributed by atoms with E-state index in [1.54, 1.807) is 30.1 Å². The molecule has 1 aliphatic rings. The van der Waals surface area contributed by atoms with Crippen molar-refractivity contribution in [2.45, 2.75) is 25.0 Å². The molecule has 6 nitrogen and oxygen atoms in total. The number of hydrogen-bond acceptors (Lipinski definition) is 6. The Labute approximate surface area is 154 Å². The highest BCUT2D eigenvalue weighted by Gasteiger charge is 2.32. The van der Waals surface area contributed by atoms with Crippen LogP contribution in [0.1, 0.15) is 23.6 Å². The summed E-state index contributed by atoms with van der Waals surface area (Å²) in [5.74, 6) is -0.300. The molecule has 3 aromatic rings. The second-order valence-electron chi connectivity index (χ2n) is 6.43. The van der Waals surface area contributed by atoms with E-state index in [2.05, 4.69) is 19.6 Å². The molecule has 2 heterocycles. The predicted octanol–water partition coefficient (Wildman–Crippen LogP) is 2.40. The van der Waals surface area contributed by atoms with E-state index in [0.717, 1.165) is 16.6 Å². The van der Waals surface area contributed by atoms with Gasteiger partial charge in [0.25, 0.3) is 0 Å². The zero-order chi connectivity index (χ0) is 18.1. The van der Waals surface area contributed by atoms with E-state index in [-0.39, 0.29) is 17.8 Å². The van der Waals surface area contributed by atoms with E-state index < -0.39 is 6.04 Å². The van der Waals surface area contributed by atoms with Gasteiger partial charge in [-0.1, -0.05) is 24.3 Å². The van der Waals surface area contributed by atoms with Crippen LogP contribution in [-0.4, -0.2) is 32.6 Å². The van der Waals surface area contributed by atoms with Crippen LogP contribution in [0, 0.1) is 5.82 Å². The molecule has 134 valence electrons. The van der Waals surface area contributed by atoms with Crippen molar-refractivity contribution >= 4 is 28.7 Å². The first kappa shape index (κ1) is 17.0. The molecule has 8 heteroatoms. The zero-order valence-corrected chi connectivity index (χ0v) is 15.0. The number of carbonyl (C=O) groups is 1. The lowest BCUT2D eigenvalue weighted by Gasteiger charge is -2.21. The summed E-state index contributed by atoms with van der Waals surface area (Å²) in [7, 11) is 1.77. The Kier molecular flexibility index (Phi) is 4.62. The van der Waals surface area contributed by atoms with Crippen LogP contribution in [0.25, 0.3) is 11.0 Å². The normalized spacial score (nSPS) is 19.8. The molecular weight excluding hydrogens is 353 g/mol. The maximum absolute atomic E-state index is 13.9. The first-order chi connectivity index (χ1) is 12.6. The number of amides is 1. The first-order valence-electron chi connectivity index (χ1n) is 8.33. The summed E-state index contributed by atoms with van der Waals surface area (Å²) in [5.41, 5.74) is 9.30. The molecule has 2 atom stereocenters. The van der Waals surface area contributed by atoms with Crippen LogP contribution in [0.4, 0.5) is 4.39 Å². The number of rotatable bonds is 4. The summed E-state index contributed by atoms with van der Waals surface area (Å²) in [6.07, 6.45) is 0.499. The van der Waals surface area contributed by atoms with Gasteiger partial charge in [-0.2, -0.15) is 8.75 Å². The number of benzene rings is 2. The molecule has 0 radical (unpaired) electrons. The van der Waals surface area contributed by atoms with Gasteiger partial charge in [0.1, 0.15) is 22.9 Å². The monoisotopic (exact) mass is 371 g/mol. The van der Waals surface area contributed by atoms with Crippen molar-refractivity contribution in [3.05, 3.63) is 59.4 Å². The van der Waals surface area contributed by atoms with Gasteiger partial charge in [-0.05, 0) is 30.2 Å². The minimum atomic E-state index is -0.394. The van der Waals surface area contributed by atoms with Crippen LogP contribution in [-0.2, 0) is 11.3 Å². The van der Waals surface area contributed by atoms with Gasteiger partial charge in [0.2, 0.25) is 5.91 Å². The van der Waals surface area contributed by atoms with Crippen LogP contribution in [0.5, 0.6) is 0 Å². The number of halogens is 1. The third kappa shape index (κ3) is 3.31. The Balaban J connectivity index is 1.41. The van der Waals surface area contributed by atoms with Crippen LogP contribution in [0.3, 0.4) is 0 Å². The van der Waals surface area contributed by atoms with E-state index in [1.807, 2.05) is 18.2 Å². The smallest absolute Gasteiger partial charge is 0.241 e. The number of hydrazine groups is 1. The molecule has 4 rings (SSSR count). The van der Waals surface area contributed by atoms with Gasteiger partial charge in [0.15, 0.2) is 0 Å². The van der Waals surface area contributed by atoms with Crippen molar-refractivity contribution in [3.63, 3.8) is 0 Å². The Morgan fingerprint density at radius 3 is 2.88 bits per heavy atom. The second-order valence-corrected chi connectivity index (χ2v) is 6.96. The van der Waals surface area contributed by atoms with Crippen molar-refractivity contribution < 1.29 is 9.18 Å². The molecule has 2 unspecified atom stereocenters.